The van der Waals surface area contributed by atoms with Crippen molar-refractivity contribution in [3.05, 3.63) is 23.8 Å². The van der Waals surface area contributed by atoms with Crippen molar-refractivity contribution in [3.8, 4) is 5.75 Å². The summed E-state index contributed by atoms with van der Waals surface area (Å²) in [5, 5.41) is 6.20. The van der Waals surface area contributed by atoms with Crippen LogP contribution in [0.3, 0.4) is 0 Å². The van der Waals surface area contributed by atoms with Crippen LogP contribution in [-0.4, -0.2) is 66.5 Å². The number of rotatable bonds is 7. The quantitative estimate of drug-likeness (QED) is 0.674. The minimum Gasteiger partial charge on any atom is -0.476 e. The van der Waals surface area contributed by atoms with E-state index in [4.69, 9.17) is 4.74 Å². The van der Waals surface area contributed by atoms with Crippen LogP contribution < -0.4 is 20.3 Å². The standard InChI is InChI=1S/C24H36N4O4/c1-6-21(29)26-12-13-27-19-14-17(9-10-20(19)32-24(4,5)23(27)31)22(30)28(16(2)3)18-8-7-11-25-15-18/h9-10,14,16,18,25H,6-8,11-13,15H2,1-5H3,(H,26,29)/t18-/m1/s1. The van der Waals surface area contributed by atoms with Crippen LogP contribution in [0.4, 0.5) is 5.69 Å². The van der Waals surface area contributed by atoms with Crippen molar-refractivity contribution in [3.63, 3.8) is 0 Å². The van der Waals surface area contributed by atoms with Gasteiger partial charge in [0.05, 0.1) is 5.69 Å². The van der Waals surface area contributed by atoms with Crippen molar-refractivity contribution in [1.29, 1.82) is 0 Å². The molecule has 2 heterocycles. The zero-order chi connectivity index (χ0) is 23.5. The number of amides is 3. The highest BCUT2D eigenvalue weighted by molar-refractivity contribution is 6.04. The number of carbonyl (C=O) groups excluding carboxylic acids is 3. The fourth-order valence-corrected chi connectivity index (χ4v) is 4.40. The summed E-state index contributed by atoms with van der Waals surface area (Å²) in [6.07, 6.45) is 2.40. The van der Waals surface area contributed by atoms with E-state index >= 15 is 0 Å². The molecule has 0 spiro atoms. The minimum atomic E-state index is -1.02. The summed E-state index contributed by atoms with van der Waals surface area (Å²) in [5.74, 6) is 0.247. The third kappa shape index (κ3) is 5.06. The number of benzene rings is 1. The molecule has 0 radical (unpaired) electrons. The van der Waals surface area contributed by atoms with Crippen LogP contribution in [0.5, 0.6) is 5.75 Å². The Kier molecular flexibility index (Phi) is 7.44. The van der Waals surface area contributed by atoms with Crippen LogP contribution in [-0.2, 0) is 9.59 Å². The number of piperidine rings is 1. The second kappa shape index (κ2) is 9.90. The molecule has 0 aromatic heterocycles. The topological polar surface area (TPSA) is 91.0 Å². The number of ether oxygens (including phenoxy) is 1. The van der Waals surface area contributed by atoms with Gasteiger partial charge in [0.2, 0.25) is 5.91 Å². The first kappa shape index (κ1) is 24.0. The van der Waals surface area contributed by atoms with Gasteiger partial charge in [-0.1, -0.05) is 6.92 Å². The van der Waals surface area contributed by atoms with Crippen LogP contribution in [0.25, 0.3) is 0 Å². The molecule has 2 N–H and O–H groups in total. The second-order valence-corrected chi connectivity index (χ2v) is 9.26. The van der Waals surface area contributed by atoms with Crippen LogP contribution in [0, 0.1) is 0 Å². The fourth-order valence-electron chi connectivity index (χ4n) is 4.40. The maximum atomic E-state index is 13.5. The zero-order valence-corrected chi connectivity index (χ0v) is 19.9. The number of hydrogen-bond acceptors (Lipinski definition) is 5. The Labute approximate surface area is 190 Å². The molecule has 1 aromatic rings. The van der Waals surface area contributed by atoms with Crippen molar-refractivity contribution < 1.29 is 19.1 Å². The molecule has 176 valence electrons. The lowest BCUT2D eigenvalue weighted by atomic mass is 10.0. The Morgan fingerprint density at radius 2 is 2.09 bits per heavy atom. The first-order valence-corrected chi connectivity index (χ1v) is 11.6. The van der Waals surface area contributed by atoms with Gasteiger partial charge in [-0.2, -0.15) is 0 Å². The maximum Gasteiger partial charge on any atom is 0.270 e. The van der Waals surface area contributed by atoms with E-state index in [0.717, 1.165) is 25.9 Å². The van der Waals surface area contributed by atoms with Crippen LogP contribution in [0.2, 0.25) is 0 Å². The van der Waals surface area contributed by atoms with Gasteiger partial charge in [0.25, 0.3) is 11.8 Å². The molecule has 0 saturated carbocycles. The van der Waals surface area contributed by atoms with Crippen LogP contribution >= 0.6 is 0 Å². The van der Waals surface area contributed by atoms with Crippen molar-refractivity contribution in [2.75, 3.05) is 31.1 Å². The summed E-state index contributed by atoms with van der Waals surface area (Å²) in [6, 6.07) is 5.49. The lowest BCUT2D eigenvalue weighted by Gasteiger charge is -2.40. The Bertz CT molecular complexity index is 862. The van der Waals surface area contributed by atoms with Crippen molar-refractivity contribution in [2.24, 2.45) is 0 Å². The molecule has 0 aliphatic carbocycles. The molecule has 1 aromatic carbocycles. The van der Waals surface area contributed by atoms with Gasteiger partial charge in [-0.25, -0.2) is 0 Å². The number of carbonyl (C=O) groups is 3. The minimum absolute atomic E-state index is 0.0481. The Hall–Kier alpha value is -2.61. The molecule has 2 aliphatic heterocycles. The predicted octanol–water partition coefficient (Wildman–Crippen LogP) is 2.32. The van der Waals surface area contributed by atoms with E-state index in [1.807, 2.05) is 18.7 Å². The van der Waals surface area contributed by atoms with Crippen molar-refractivity contribution in [2.45, 2.75) is 71.6 Å². The summed E-state index contributed by atoms with van der Waals surface area (Å²) in [6.45, 7) is 11.7. The van der Waals surface area contributed by atoms with Gasteiger partial charge in [-0.05, 0) is 65.3 Å². The predicted molar refractivity (Wildman–Crippen MR) is 124 cm³/mol. The van der Waals surface area contributed by atoms with Crippen LogP contribution in [0.15, 0.2) is 18.2 Å². The monoisotopic (exact) mass is 444 g/mol. The van der Waals surface area contributed by atoms with E-state index in [-0.39, 0.29) is 29.8 Å². The third-order valence-corrected chi connectivity index (χ3v) is 6.06. The third-order valence-electron chi connectivity index (χ3n) is 6.06. The molecule has 3 amide bonds. The number of hydrogen-bond donors (Lipinski definition) is 2. The van der Waals surface area contributed by atoms with E-state index in [2.05, 4.69) is 10.6 Å². The van der Waals surface area contributed by atoms with E-state index < -0.39 is 5.60 Å². The first-order chi connectivity index (χ1) is 15.2. The average Bonchev–Trinajstić information content (AvgIpc) is 2.76. The smallest absolute Gasteiger partial charge is 0.270 e. The van der Waals surface area contributed by atoms with Crippen molar-refractivity contribution >= 4 is 23.4 Å². The van der Waals surface area contributed by atoms with Gasteiger partial charge in [0.1, 0.15) is 5.75 Å². The maximum absolute atomic E-state index is 13.5. The highest BCUT2D eigenvalue weighted by atomic mass is 16.5. The van der Waals surface area contributed by atoms with Gasteiger partial charge in [0.15, 0.2) is 5.60 Å². The zero-order valence-electron chi connectivity index (χ0n) is 19.9. The van der Waals surface area contributed by atoms with Gasteiger partial charge < -0.3 is 25.2 Å². The van der Waals surface area contributed by atoms with Gasteiger partial charge >= 0.3 is 0 Å². The van der Waals surface area contributed by atoms with Gasteiger partial charge in [0, 0.05) is 43.7 Å². The lowest BCUT2D eigenvalue weighted by molar-refractivity contribution is -0.132. The molecular weight excluding hydrogens is 408 g/mol. The number of nitrogens with one attached hydrogen (secondary N) is 2. The Morgan fingerprint density at radius 3 is 2.72 bits per heavy atom. The molecule has 1 saturated heterocycles. The van der Waals surface area contributed by atoms with E-state index in [1.165, 1.54) is 0 Å². The molecule has 1 atom stereocenters. The van der Waals surface area contributed by atoms with E-state index in [9.17, 15) is 14.4 Å². The second-order valence-electron chi connectivity index (χ2n) is 9.26. The lowest BCUT2D eigenvalue weighted by Crippen LogP contribution is -2.54. The molecule has 3 rings (SSSR count). The highest BCUT2D eigenvalue weighted by Gasteiger charge is 2.41. The average molecular weight is 445 g/mol. The Morgan fingerprint density at radius 1 is 1.34 bits per heavy atom. The summed E-state index contributed by atoms with van der Waals surface area (Å²) < 4.78 is 5.96. The SMILES string of the molecule is CCC(=O)NCCN1C(=O)C(C)(C)Oc2ccc(C(=O)N(C(C)C)[C@@H]3CCCNC3)cc21. The molecule has 0 unspecified atom stereocenters. The largest absolute Gasteiger partial charge is 0.476 e. The first-order valence-electron chi connectivity index (χ1n) is 11.6. The molecule has 1 fully saturated rings. The van der Waals surface area contributed by atoms with Gasteiger partial charge in [-0.15, -0.1) is 0 Å². The fraction of sp³-hybridized carbons (Fsp3) is 0.625. The Balaban J connectivity index is 1.90. The van der Waals surface area contributed by atoms with E-state index in [1.54, 1.807) is 43.9 Å². The summed E-state index contributed by atoms with van der Waals surface area (Å²) in [4.78, 5) is 41.8. The number of nitrogens with zero attached hydrogens (tertiary/aromatic N) is 2. The normalized spacial score (nSPS) is 19.9. The molecule has 8 heteroatoms. The number of anilines is 1. The van der Waals surface area contributed by atoms with Crippen LogP contribution in [0.1, 0.15) is 64.2 Å². The molecule has 8 nitrogen and oxygen atoms in total. The van der Waals surface area contributed by atoms with Gasteiger partial charge in [-0.3, -0.25) is 14.4 Å². The molecule has 0 bridgehead atoms. The summed E-state index contributed by atoms with van der Waals surface area (Å²) in [7, 11) is 0. The highest BCUT2D eigenvalue weighted by Crippen LogP contribution is 2.38. The summed E-state index contributed by atoms with van der Waals surface area (Å²) in [5.41, 5.74) is 0.0727. The number of fused-ring (bicyclic) bond motifs is 1. The molecule has 32 heavy (non-hydrogen) atoms. The van der Waals surface area contributed by atoms with Crippen molar-refractivity contribution in [1.82, 2.24) is 15.5 Å². The molecule has 2 aliphatic rings. The summed E-state index contributed by atoms with van der Waals surface area (Å²) >= 11 is 0. The molecular formula is C24H36N4O4. The van der Waals surface area contributed by atoms with E-state index in [0.29, 0.717) is 36.5 Å².